The molecule has 132 valence electrons. The number of hydrogen-bond donors (Lipinski definition) is 4. The maximum absolute atomic E-state index is 10.3. The van der Waals surface area contributed by atoms with E-state index >= 15 is 0 Å². The summed E-state index contributed by atoms with van der Waals surface area (Å²) in [5, 5.41) is 38.7. The van der Waals surface area contributed by atoms with Crippen molar-refractivity contribution < 1.29 is 24.8 Å². The van der Waals surface area contributed by atoms with Crippen molar-refractivity contribution in [3.05, 3.63) is 48.5 Å². The van der Waals surface area contributed by atoms with Crippen molar-refractivity contribution in [3.63, 3.8) is 0 Å². The summed E-state index contributed by atoms with van der Waals surface area (Å²) in [6.45, 7) is 6.72. The van der Waals surface area contributed by atoms with Crippen molar-refractivity contribution in [1.29, 1.82) is 0 Å². The Morgan fingerprint density at radius 3 is 1.48 bits per heavy atom. The van der Waals surface area contributed by atoms with Crippen LogP contribution in [0.15, 0.2) is 48.5 Å². The first kappa shape index (κ1) is 19.7. The van der Waals surface area contributed by atoms with Gasteiger partial charge in [0.2, 0.25) is 0 Å². The van der Waals surface area contributed by atoms with E-state index < -0.39 is 25.4 Å². The Kier molecular flexibility index (Phi) is 5.76. The van der Waals surface area contributed by atoms with Crippen LogP contribution in [-0.4, -0.2) is 45.6 Å². The zero-order valence-electron chi connectivity index (χ0n) is 15.0. The highest BCUT2D eigenvalue weighted by atomic mass is 16.5. The Labute approximate surface area is 149 Å². The lowest BCUT2D eigenvalue weighted by atomic mass is 9.76. The summed E-state index contributed by atoms with van der Waals surface area (Å²) in [4.78, 5) is 0. The van der Waals surface area contributed by atoms with Gasteiger partial charge in [-0.25, -0.2) is 0 Å². The van der Waals surface area contributed by atoms with Gasteiger partial charge in [-0.3, -0.25) is 0 Å². The predicted molar refractivity (Wildman–Crippen MR) is 101 cm³/mol. The van der Waals surface area contributed by atoms with Gasteiger partial charge in [-0.2, -0.15) is 0 Å². The molecule has 2 rings (SSSR count). The van der Waals surface area contributed by atoms with Crippen molar-refractivity contribution in [3.8, 4) is 11.1 Å². The lowest BCUT2D eigenvalue weighted by Crippen LogP contribution is -2.53. The standard InChI is InChI=1S/C18H24B2O5/c1-17(2,21)18(3,4)25-20(24)16-11-7-14(8-12-16)13-5-9-15(10-6-13)19(22)23/h5-12,21-24H,1-4H3. The molecule has 2 aromatic carbocycles. The fourth-order valence-electron chi connectivity index (χ4n) is 2.18. The third kappa shape index (κ3) is 4.71. The van der Waals surface area contributed by atoms with E-state index in [1.165, 1.54) is 0 Å². The van der Waals surface area contributed by atoms with Gasteiger partial charge in [0.15, 0.2) is 0 Å². The molecule has 0 atom stereocenters. The van der Waals surface area contributed by atoms with Gasteiger partial charge in [0.25, 0.3) is 0 Å². The van der Waals surface area contributed by atoms with Crippen molar-refractivity contribution in [2.24, 2.45) is 0 Å². The molecule has 0 spiro atoms. The second-order valence-corrected chi connectivity index (χ2v) is 7.16. The van der Waals surface area contributed by atoms with Crippen LogP contribution < -0.4 is 10.9 Å². The zero-order valence-corrected chi connectivity index (χ0v) is 15.0. The molecular formula is C18H24B2O5. The topological polar surface area (TPSA) is 90.2 Å². The first-order valence-electron chi connectivity index (χ1n) is 8.16. The summed E-state index contributed by atoms with van der Waals surface area (Å²) in [6, 6.07) is 14.1. The highest BCUT2D eigenvalue weighted by Crippen LogP contribution is 2.25. The van der Waals surface area contributed by atoms with Crippen LogP contribution in [0.1, 0.15) is 27.7 Å². The minimum absolute atomic E-state index is 0.429. The first-order chi connectivity index (χ1) is 11.5. The van der Waals surface area contributed by atoms with E-state index in [1.807, 2.05) is 12.1 Å². The van der Waals surface area contributed by atoms with Crippen LogP contribution in [0.5, 0.6) is 0 Å². The summed E-state index contributed by atoms with van der Waals surface area (Å²) in [7, 11) is -2.63. The Morgan fingerprint density at radius 1 is 0.720 bits per heavy atom. The predicted octanol–water partition coefficient (Wildman–Crippen LogP) is 0.287. The molecule has 4 N–H and O–H groups in total. The SMILES string of the molecule is CC(C)(O)C(C)(C)OB(O)c1ccc(-c2ccc(B(O)O)cc2)cc1. The van der Waals surface area contributed by atoms with Gasteiger partial charge in [0.1, 0.15) is 0 Å². The van der Waals surface area contributed by atoms with E-state index in [-0.39, 0.29) is 0 Å². The molecular weight excluding hydrogens is 318 g/mol. The average Bonchev–Trinajstić information content (AvgIpc) is 2.53. The number of aliphatic hydroxyl groups is 1. The largest absolute Gasteiger partial charge is 0.491 e. The second-order valence-electron chi connectivity index (χ2n) is 7.16. The number of hydrogen-bond acceptors (Lipinski definition) is 5. The normalized spacial score (nSPS) is 12.2. The molecule has 0 radical (unpaired) electrons. The molecule has 0 bridgehead atoms. The molecule has 2 aromatic rings. The summed E-state index contributed by atoms with van der Waals surface area (Å²) in [6.07, 6.45) is 0. The summed E-state index contributed by atoms with van der Waals surface area (Å²) in [5.74, 6) is 0. The molecule has 0 aromatic heterocycles. The Balaban J connectivity index is 2.14. The van der Waals surface area contributed by atoms with Crippen LogP contribution in [-0.2, 0) is 4.65 Å². The maximum Gasteiger partial charge on any atom is 0.491 e. The average molecular weight is 342 g/mol. The minimum atomic E-state index is -1.48. The molecule has 7 heteroatoms. The van der Waals surface area contributed by atoms with Gasteiger partial charge >= 0.3 is 14.2 Å². The Morgan fingerprint density at radius 2 is 1.12 bits per heavy atom. The van der Waals surface area contributed by atoms with E-state index in [1.54, 1.807) is 64.1 Å². The quantitative estimate of drug-likeness (QED) is 0.567. The summed E-state index contributed by atoms with van der Waals surface area (Å²) < 4.78 is 5.63. The Bertz CT molecular complexity index is 691. The van der Waals surface area contributed by atoms with E-state index in [0.29, 0.717) is 10.9 Å². The number of benzene rings is 2. The van der Waals surface area contributed by atoms with Gasteiger partial charge in [-0.05, 0) is 49.7 Å². The smallest absolute Gasteiger partial charge is 0.423 e. The summed E-state index contributed by atoms with van der Waals surface area (Å²) >= 11 is 0. The Hall–Kier alpha value is -1.63. The van der Waals surface area contributed by atoms with Gasteiger partial charge < -0.3 is 24.8 Å². The monoisotopic (exact) mass is 342 g/mol. The minimum Gasteiger partial charge on any atom is -0.423 e. The third-order valence-corrected chi connectivity index (χ3v) is 4.62. The fraction of sp³-hybridized carbons (Fsp3) is 0.333. The van der Waals surface area contributed by atoms with Crippen LogP contribution in [0.4, 0.5) is 0 Å². The second kappa shape index (κ2) is 7.32. The van der Waals surface area contributed by atoms with Gasteiger partial charge in [0.05, 0.1) is 11.2 Å². The van der Waals surface area contributed by atoms with Crippen LogP contribution in [0, 0.1) is 0 Å². The van der Waals surface area contributed by atoms with E-state index in [4.69, 9.17) is 14.7 Å². The number of rotatable bonds is 6. The summed E-state index contributed by atoms with van der Waals surface area (Å²) in [5.41, 5.74) is 0.834. The molecule has 25 heavy (non-hydrogen) atoms. The highest BCUT2D eigenvalue weighted by molar-refractivity contribution is 6.60. The third-order valence-electron chi connectivity index (χ3n) is 4.62. The van der Waals surface area contributed by atoms with Crippen LogP contribution in [0.25, 0.3) is 11.1 Å². The van der Waals surface area contributed by atoms with Crippen molar-refractivity contribution in [1.82, 2.24) is 0 Å². The van der Waals surface area contributed by atoms with E-state index in [0.717, 1.165) is 11.1 Å². The highest BCUT2D eigenvalue weighted by Gasteiger charge is 2.39. The van der Waals surface area contributed by atoms with Crippen molar-refractivity contribution >= 4 is 25.2 Å². The van der Waals surface area contributed by atoms with E-state index in [9.17, 15) is 10.1 Å². The molecule has 0 amide bonds. The first-order valence-corrected chi connectivity index (χ1v) is 8.16. The zero-order chi connectivity index (χ0) is 18.8. The van der Waals surface area contributed by atoms with Crippen molar-refractivity contribution in [2.75, 3.05) is 0 Å². The van der Waals surface area contributed by atoms with Crippen molar-refractivity contribution in [2.45, 2.75) is 38.9 Å². The van der Waals surface area contributed by atoms with Gasteiger partial charge in [0, 0.05) is 0 Å². The van der Waals surface area contributed by atoms with Crippen LogP contribution >= 0.6 is 0 Å². The lowest BCUT2D eigenvalue weighted by Gasteiger charge is -2.38. The maximum atomic E-state index is 10.3. The molecule has 0 saturated heterocycles. The molecule has 0 aliphatic carbocycles. The van der Waals surface area contributed by atoms with Gasteiger partial charge in [-0.1, -0.05) is 48.5 Å². The fourth-order valence-corrected chi connectivity index (χ4v) is 2.18. The molecule has 5 nitrogen and oxygen atoms in total. The molecule has 0 unspecified atom stereocenters. The molecule has 0 fully saturated rings. The molecule has 0 saturated carbocycles. The molecule has 0 heterocycles. The molecule has 0 aliphatic heterocycles. The lowest BCUT2D eigenvalue weighted by molar-refractivity contribution is -0.0982. The van der Waals surface area contributed by atoms with Crippen LogP contribution in [0.2, 0.25) is 0 Å². The van der Waals surface area contributed by atoms with Crippen LogP contribution in [0.3, 0.4) is 0 Å². The molecule has 0 aliphatic rings. The van der Waals surface area contributed by atoms with Gasteiger partial charge in [-0.15, -0.1) is 0 Å². The van der Waals surface area contributed by atoms with E-state index in [2.05, 4.69) is 0 Å².